The molecule has 132 valence electrons. The van der Waals surface area contributed by atoms with Crippen LogP contribution in [0.25, 0.3) is 11.3 Å². The lowest BCUT2D eigenvalue weighted by Crippen LogP contribution is -2.34. The molecule has 1 aromatic carbocycles. The predicted octanol–water partition coefficient (Wildman–Crippen LogP) is 3.92. The molecular weight excluding hydrogens is 324 g/mol. The maximum absolute atomic E-state index is 14.1. The van der Waals surface area contributed by atoms with E-state index < -0.39 is 11.6 Å². The first kappa shape index (κ1) is 16.2. The summed E-state index contributed by atoms with van der Waals surface area (Å²) in [6.45, 7) is 2.49. The van der Waals surface area contributed by atoms with Gasteiger partial charge in [0.15, 0.2) is 0 Å². The minimum absolute atomic E-state index is 0.00376. The summed E-state index contributed by atoms with van der Waals surface area (Å²) in [5.74, 6) is -0.339. The van der Waals surface area contributed by atoms with Gasteiger partial charge in [-0.2, -0.15) is 0 Å². The van der Waals surface area contributed by atoms with Crippen molar-refractivity contribution in [3.63, 3.8) is 0 Å². The Morgan fingerprint density at radius 3 is 2.72 bits per heavy atom. The molecule has 1 amide bonds. The first-order valence-electron chi connectivity index (χ1n) is 8.84. The number of H-pyrrole nitrogens is 1. The quantitative estimate of drug-likeness (QED) is 0.916. The van der Waals surface area contributed by atoms with Crippen LogP contribution >= 0.6 is 0 Å². The molecule has 2 heterocycles. The maximum atomic E-state index is 14.1. The van der Waals surface area contributed by atoms with Gasteiger partial charge in [-0.05, 0) is 31.9 Å². The van der Waals surface area contributed by atoms with Crippen LogP contribution in [0.3, 0.4) is 0 Å². The molecule has 0 spiro atoms. The highest BCUT2D eigenvalue weighted by Gasteiger charge is 2.37. The number of nitrogens with one attached hydrogen (secondary N) is 1. The van der Waals surface area contributed by atoms with Crippen LogP contribution in [0.4, 0.5) is 8.78 Å². The first-order valence-corrected chi connectivity index (χ1v) is 8.84. The molecule has 2 aliphatic rings. The van der Waals surface area contributed by atoms with Gasteiger partial charge in [0, 0.05) is 42.2 Å². The minimum Gasteiger partial charge on any atom is -0.345 e. The third-order valence-corrected chi connectivity index (χ3v) is 5.40. The van der Waals surface area contributed by atoms with Crippen LogP contribution in [0.5, 0.6) is 0 Å². The lowest BCUT2D eigenvalue weighted by molar-refractivity contribution is -0.129. The maximum Gasteiger partial charge on any atom is 0.223 e. The number of carbonyl (C=O) groups is 1. The number of hydrogen-bond acceptors (Lipinski definition) is 2. The lowest BCUT2D eigenvalue weighted by Gasteiger charge is -2.23. The van der Waals surface area contributed by atoms with Gasteiger partial charge in [0.25, 0.3) is 0 Å². The van der Waals surface area contributed by atoms with Crippen molar-refractivity contribution >= 4 is 5.91 Å². The van der Waals surface area contributed by atoms with Crippen molar-refractivity contribution in [2.24, 2.45) is 0 Å². The van der Waals surface area contributed by atoms with E-state index >= 15 is 0 Å². The van der Waals surface area contributed by atoms with E-state index in [0.717, 1.165) is 24.6 Å². The SMILES string of the molecule is Cc1[nH]c(C2CC(=O)N(C3CCCC3)C2)nc1-c1ccc(F)cc1F. The second-order valence-electron chi connectivity index (χ2n) is 7.11. The molecular formula is C19H21F2N3O. The molecule has 25 heavy (non-hydrogen) atoms. The topological polar surface area (TPSA) is 49.0 Å². The fraction of sp³-hybridized carbons (Fsp3) is 0.474. The molecule has 1 unspecified atom stereocenters. The van der Waals surface area contributed by atoms with Gasteiger partial charge in [-0.1, -0.05) is 12.8 Å². The van der Waals surface area contributed by atoms with Crippen molar-refractivity contribution < 1.29 is 13.6 Å². The molecule has 1 aliphatic heterocycles. The molecule has 1 saturated heterocycles. The second kappa shape index (κ2) is 6.24. The van der Waals surface area contributed by atoms with Crippen molar-refractivity contribution in [2.45, 2.75) is 51.0 Å². The van der Waals surface area contributed by atoms with Crippen molar-refractivity contribution in [3.8, 4) is 11.3 Å². The molecule has 4 nitrogen and oxygen atoms in total. The van der Waals surface area contributed by atoms with Gasteiger partial charge in [0.2, 0.25) is 5.91 Å². The van der Waals surface area contributed by atoms with Crippen LogP contribution in [0, 0.1) is 18.6 Å². The normalized spacial score (nSPS) is 21.5. The Bertz CT molecular complexity index is 811. The van der Waals surface area contributed by atoms with E-state index in [9.17, 15) is 13.6 Å². The summed E-state index contributed by atoms with van der Waals surface area (Å²) < 4.78 is 27.2. The zero-order valence-corrected chi connectivity index (χ0v) is 14.2. The van der Waals surface area contributed by atoms with Gasteiger partial charge in [-0.3, -0.25) is 4.79 Å². The van der Waals surface area contributed by atoms with Gasteiger partial charge in [-0.25, -0.2) is 13.8 Å². The van der Waals surface area contributed by atoms with Gasteiger partial charge in [0.05, 0.1) is 5.69 Å². The average Bonchev–Trinajstić information content (AvgIpc) is 3.27. The average molecular weight is 345 g/mol. The Morgan fingerprint density at radius 1 is 1.24 bits per heavy atom. The summed E-state index contributed by atoms with van der Waals surface area (Å²) in [4.78, 5) is 22.1. The Morgan fingerprint density at radius 2 is 2.00 bits per heavy atom. The Labute approximate surface area is 145 Å². The van der Waals surface area contributed by atoms with Crippen LogP contribution in [0.15, 0.2) is 18.2 Å². The van der Waals surface area contributed by atoms with E-state index in [1.807, 2.05) is 11.8 Å². The highest BCUT2D eigenvalue weighted by Crippen LogP contribution is 2.34. The smallest absolute Gasteiger partial charge is 0.223 e. The number of rotatable bonds is 3. The summed E-state index contributed by atoms with van der Waals surface area (Å²) in [7, 11) is 0. The van der Waals surface area contributed by atoms with Crippen LogP contribution in [0.1, 0.15) is 49.5 Å². The molecule has 1 aliphatic carbocycles. The number of aromatic nitrogens is 2. The monoisotopic (exact) mass is 345 g/mol. The molecule has 6 heteroatoms. The van der Waals surface area contributed by atoms with Gasteiger partial charge >= 0.3 is 0 Å². The number of carbonyl (C=O) groups excluding carboxylic acids is 1. The molecule has 1 saturated carbocycles. The molecule has 2 aromatic rings. The lowest BCUT2D eigenvalue weighted by atomic mass is 10.1. The van der Waals surface area contributed by atoms with Crippen molar-refractivity contribution in [3.05, 3.63) is 41.4 Å². The van der Waals surface area contributed by atoms with Crippen LogP contribution in [-0.2, 0) is 4.79 Å². The Balaban J connectivity index is 1.59. The zero-order chi connectivity index (χ0) is 17.6. The number of aryl methyl sites for hydroxylation is 1. The summed E-state index contributed by atoms with van der Waals surface area (Å²) in [6, 6.07) is 3.86. The Hall–Kier alpha value is -2.24. The molecule has 2 fully saturated rings. The third-order valence-electron chi connectivity index (χ3n) is 5.40. The van der Waals surface area contributed by atoms with E-state index in [-0.39, 0.29) is 17.4 Å². The standard InChI is InChI=1S/C19H21F2N3O/c1-11-18(15-7-6-13(20)9-16(15)21)23-19(22-11)12-8-17(25)24(10-12)14-4-2-3-5-14/h6-7,9,12,14H,2-5,8,10H2,1H3,(H,22,23). The van der Waals surface area contributed by atoms with Crippen molar-refractivity contribution in [2.75, 3.05) is 6.54 Å². The zero-order valence-electron chi connectivity index (χ0n) is 14.2. The second-order valence-corrected chi connectivity index (χ2v) is 7.11. The number of halogens is 2. The van der Waals surface area contributed by atoms with E-state index in [2.05, 4.69) is 9.97 Å². The van der Waals surface area contributed by atoms with E-state index in [0.29, 0.717) is 30.5 Å². The number of nitrogens with zero attached hydrogens (tertiary/aromatic N) is 2. The number of imidazole rings is 1. The summed E-state index contributed by atoms with van der Waals surface area (Å²) in [5.41, 5.74) is 1.49. The molecule has 1 N–H and O–H groups in total. The first-order chi connectivity index (χ1) is 12.0. The highest BCUT2D eigenvalue weighted by molar-refractivity contribution is 5.80. The molecule has 4 rings (SSSR count). The molecule has 0 radical (unpaired) electrons. The van der Waals surface area contributed by atoms with Gasteiger partial charge < -0.3 is 9.88 Å². The van der Waals surface area contributed by atoms with Crippen molar-refractivity contribution in [1.82, 2.24) is 14.9 Å². The fourth-order valence-electron chi connectivity index (χ4n) is 4.10. The van der Waals surface area contributed by atoms with Gasteiger partial charge in [0.1, 0.15) is 17.5 Å². The van der Waals surface area contributed by atoms with Crippen LogP contribution < -0.4 is 0 Å². The van der Waals surface area contributed by atoms with Crippen LogP contribution in [0.2, 0.25) is 0 Å². The summed E-state index contributed by atoms with van der Waals surface area (Å²) in [5, 5.41) is 0. The largest absolute Gasteiger partial charge is 0.345 e. The molecule has 1 aromatic heterocycles. The highest BCUT2D eigenvalue weighted by atomic mass is 19.1. The third kappa shape index (κ3) is 2.94. The summed E-state index contributed by atoms with van der Waals surface area (Å²) in [6.07, 6.45) is 4.98. The van der Waals surface area contributed by atoms with Gasteiger partial charge in [-0.15, -0.1) is 0 Å². The number of aromatic amines is 1. The van der Waals surface area contributed by atoms with E-state index in [4.69, 9.17) is 0 Å². The minimum atomic E-state index is -0.628. The number of amides is 1. The number of hydrogen-bond donors (Lipinski definition) is 1. The predicted molar refractivity (Wildman–Crippen MR) is 90.0 cm³/mol. The molecule has 0 bridgehead atoms. The van der Waals surface area contributed by atoms with E-state index in [1.165, 1.54) is 25.0 Å². The van der Waals surface area contributed by atoms with Crippen molar-refractivity contribution in [1.29, 1.82) is 0 Å². The number of benzene rings is 1. The summed E-state index contributed by atoms with van der Waals surface area (Å²) >= 11 is 0. The van der Waals surface area contributed by atoms with Crippen LogP contribution in [-0.4, -0.2) is 33.4 Å². The van der Waals surface area contributed by atoms with E-state index in [1.54, 1.807) is 0 Å². The fourth-order valence-corrected chi connectivity index (χ4v) is 4.10. The Kier molecular flexibility index (Phi) is 4.06. The number of likely N-dealkylation sites (tertiary alicyclic amines) is 1. The molecule has 1 atom stereocenters.